The maximum absolute atomic E-state index is 6.42. The molecular weight excluding hydrogens is 496 g/mol. The van der Waals surface area contributed by atoms with Crippen LogP contribution in [-0.2, 0) is 0 Å². The average molecular weight is 533 g/mol. The molecule has 0 amide bonds. The smallest absolute Gasteiger partial charge is 0.127 e. The van der Waals surface area contributed by atoms with Gasteiger partial charge >= 0.3 is 0 Å². The highest BCUT2D eigenvalue weighted by Crippen LogP contribution is 2.49. The molecule has 0 saturated heterocycles. The van der Waals surface area contributed by atoms with Crippen molar-refractivity contribution in [1.29, 1.82) is 0 Å². The highest BCUT2D eigenvalue weighted by Gasteiger charge is 2.36. The zero-order chi connectivity index (χ0) is 28.0. The Morgan fingerprint density at radius 3 is 2.08 bits per heavy atom. The van der Waals surface area contributed by atoms with Crippen LogP contribution in [0.5, 0.6) is 23.0 Å². The van der Waals surface area contributed by atoms with Gasteiger partial charge in [0.1, 0.15) is 29.6 Å². The molecule has 0 aliphatic carbocycles. The number of ether oxygens (including phenoxy) is 4. The molecule has 0 aromatic heterocycles. The third-order valence-electron chi connectivity index (χ3n) is 8.43. The molecule has 0 spiro atoms. The molecule has 0 radical (unpaired) electrons. The van der Waals surface area contributed by atoms with Crippen LogP contribution in [0.1, 0.15) is 61.9 Å². The molecule has 2 aliphatic heterocycles. The summed E-state index contributed by atoms with van der Waals surface area (Å²) in [6.45, 7) is 9.77. The summed E-state index contributed by atoms with van der Waals surface area (Å²) in [7, 11) is 3.42. The number of aryl methyl sites for hydroxylation is 4. The molecule has 2 aliphatic rings. The third-order valence-corrected chi connectivity index (χ3v) is 8.43. The largest absolute Gasteiger partial charge is 0.497 e. The number of rotatable bonds is 5. The van der Waals surface area contributed by atoms with Gasteiger partial charge in [-0.2, -0.15) is 0 Å². The summed E-state index contributed by atoms with van der Waals surface area (Å²) in [6.07, 6.45) is 2.29. The van der Waals surface area contributed by atoms with E-state index in [4.69, 9.17) is 18.9 Å². The quantitative estimate of drug-likeness (QED) is 0.260. The summed E-state index contributed by atoms with van der Waals surface area (Å²) in [5.41, 5.74) is 12.1. The molecular formula is C36H36O4. The van der Waals surface area contributed by atoms with Gasteiger partial charge in [-0.3, -0.25) is 0 Å². The lowest BCUT2D eigenvalue weighted by Gasteiger charge is -2.36. The lowest BCUT2D eigenvalue weighted by Crippen LogP contribution is -2.26. The van der Waals surface area contributed by atoms with Gasteiger partial charge < -0.3 is 18.9 Å². The standard InChI is InChI=1S/C36H36O4/c1-21-7-10-31-35(13-21)40-20-33(30-12-9-28(38-6)15-23(30)3)36(31)32-18-25-17-26(19-39-34(25)16-24(32)4)29-11-8-27(37-5)14-22(29)2/h7-18,33,36H,19-20H2,1-6H3. The van der Waals surface area contributed by atoms with Gasteiger partial charge in [-0.25, -0.2) is 0 Å². The molecule has 2 unspecified atom stereocenters. The maximum Gasteiger partial charge on any atom is 0.127 e. The molecule has 204 valence electrons. The average Bonchev–Trinajstić information content (AvgIpc) is 2.96. The Bertz CT molecular complexity index is 1630. The lowest BCUT2D eigenvalue weighted by atomic mass is 9.73. The van der Waals surface area contributed by atoms with E-state index in [2.05, 4.69) is 94.4 Å². The van der Waals surface area contributed by atoms with Crippen molar-refractivity contribution in [3.8, 4) is 23.0 Å². The summed E-state index contributed by atoms with van der Waals surface area (Å²) in [6, 6.07) is 23.8. The van der Waals surface area contributed by atoms with Gasteiger partial charge in [-0.1, -0.05) is 24.3 Å². The van der Waals surface area contributed by atoms with Crippen molar-refractivity contribution in [2.45, 2.75) is 39.5 Å². The first-order chi connectivity index (χ1) is 19.4. The second-order valence-electron chi connectivity index (χ2n) is 11.0. The van der Waals surface area contributed by atoms with Crippen LogP contribution in [-0.4, -0.2) is 27.4 Å². The number of hydrogen-bond acceptors (Lipinski definition) is 4. The maximum atomic E-state index is 6.42. The molecule has 2 heterocycles. The minimum Gasteiger partial charge on any atom is -0.497 e. The van der Waals surface area contributed by atoms with Crippen molar-refractivity contribution in [3.05, 3.63) is 117 Å². The lowest BCUT2D eigenvalue weighted by molar-refractivity contribution is 0.248. The SMILES string of the molecule is COc1ccc(C2=Cc3cc(C4c5ccc(C)cc5OCC4c4ccc(OC)cc4C)c(C)cc3OC2)c(C)c1. The Morgan fingerprint density at radius 1 is 0.650 bits per heavy atom. The van der Waals surface area contributed by atoms with Gasteiger partial charge in [0.05, 0.1) is 20.8 Å². The number of benzene rings is 4. The fourth-order valence-corrected chi connectivity index (χ4v) is 6.31. The minimum absolute atomic E-state index is 0.142. The first kappa shape index (κ1) is 26.1. The zero-order valence-electron chi connectivity index (χ0n) is 24.1. The molecule has 4 aromatic rings. The summed E-state index contributed by atoms with van der Waals surface area (Å²) < 4.78 is 23.7. The molecule has 4 heteroatoms. The second kappa shape index (κ2) is 10.4. The Balaban J connectivity index is 1.49. The number of hydrogen-bond donors (Lipinski definition) is 0. The molecule has 6 rings (SSSR count). The first-order valence-corrected chi connectivity index (χ1v) is 13.9. The topological polar surface area (TPSA) is 36.9 Å². The van der Waals surface area contributed by atoms with Gasteiger partial charge in [0.15, 0.2) is 0 Å². The van der Waals surface area contributed by atoms with Gasteiger partial charge in [-0.05, 0) is 121 Å². The van der Waals surface area contributed by atoms with E-state index in [9.17, 15) is 0 Å². The molecule has 4 nitrogen and oxygen atoms in total. The summed E-state index contributed by atoms with van der Waals surface area (Å²) >= 11 is 0. The molecule has 0 saturated carbocycles. The van der Waals surface area contributed by atoms with Gasteiger partial charge in [0, 0.05) is 23.0 Å². The van der Waals surface area contributed by atoms with Crippen LogP contribution in [0, 0.1) is 27.7 Å². The van der Waals surface area contributed by atoms with Crippen LogP contribution < -0.4 is 18.9 Å². The first-order valence-electron chi connectivity index (χ1n) is 13.9. The Labute approximate surface area is 237 Å². The number of fused-ring (bicyclic) bond motifs is 2. The number of methoxy groups -OCH3 is 2. The molecule has 0 N–H and O–H groups in total. The molecule has 40 heavy (non-hydrogen) atoms. The predicted molar refractivity (Wildman–Crippen MR) is 161 cm³/mol. The van der Waals surface area contributed by atoms with Crippen LogP contribution in [0.15, 0.2) is 66.7 Å². The summed E-state index contributed by atoms with van der Waals surface area (Å²) in [5.74, 6) is 3.96. The zero-order valence-corrected chi connectivity index (χ0v) is 24.1. The van der Waals surface area contributed by atoms with Crippen molar-refractivity contribution in [1.82, 2.24) is 0 Å². The van der Waals surface area contributed by atoms with Crippen LogP contribution >= 0.6 is 0 Å². The van der Waals surface area contributed by atoms with Crippen LogP contribution in [0.2, 0.25) is 0 Å². The van der Waals surface area contributed by atoms with Crippen molar-refractivity contribution >= 4 is 11.6 Å². The van der Waals surface area contributed by atoms with Crippen molar-refractivity contribution in [2.75, 3.05) is 27.4 Å². The van der Waals surface area contributed by atoms with E-state index < -0.39 is 0 Å². The minimum atomic E-state index is 0.142. The summed E-state index contributed by atoms with van der Waals surface area (Å²) in [5, 5.41) is 0. The third kappa shape index (κ3) is 4.62. The molecule has 0 bridgehead atoms. The van der Waals surface area contributed by atoms with E-state index in [0.717, 1.165) is 28.6 Å². The fourth-order valence-electron chi connectivity index (χ4n) is 6.31. The fraction of sp³-hybridized carbons (Fsp3) is 0.278. The molecule has 0 fully saturated rings. The Kier molecular flexibility index (Phi) is 6.79. The van der Waals surface area contributed by atoms with E-state index in [0.29, 0.717) is 13.2 Å². The molecule has 4 aromatic carbocycles. The van der Waals surface area contributed by atoms with Crippen molar-refractivity contribution in [2.24, 2.45) is 0 Å². The normalized spacial score (nSPS) is 17.6. The van der Waals surface area contributed by atoms with Crippen LogP contribution in [0.3, 0.4) is 0 Å². The van der Waals surface area contributed by atoms with Crippen LogP contribution in [0.4, 0.5) is 0 Å². The Morgan fingerprint density at radius 2 is 1.35 bits per heavy atom. The summed E-state index contributed by atoms with van der Waals surface area (Å²) in [4.78, 5) is 0. The van der Waals surface area contributed by atoms with E-state index in [1.165, 1.54) is 50.1 Å². The monoisotopic (exact) mass is 532 g/mol. The van der Waals surface area contributed by atoms with E-state index >= 15 is 0 Å². The highest BCUT2D eigenvalue weighted by atomic mass is 16.5. The van der Waals surface area contributed by atoms with E-state index in [-0.39, 0.29) is 11.8 Å². The van der Waals surface area contributed by atoms with Crippen LogP contribution in [0.25, 0.3) is 11.6 Å². The Hall–Kier alpha value is -4.18. The van der Waals surface area contributed by atoms with E-state index in [1.807, 2.05) is 6.07 Å². The van der Waals surface area contributed by atoms with Gasteiger partial charge in [-0.15, -0.1) is 0 Å². The second-order valence-corrected chi connectivity index (χ2v) is 11.0. The molecule has 2 atom stereocenters. The van der Waals surface area contributed by atoms with E-state index in [1.54, 1.807) is 14.2 Å². The van der Waals surface area contributed by atoms with Gasteiger partial charge in [0.25, 0.3) is 0 Å². The van der Waals surface area contributed by atoms with Crippen molar-refractivity contribution in [3.63, 3.8) is 0 Å². The van der Waals surface area contributed by atoms with Gasteiger partial charge in [0.2, 0.25) is 0 Å². The van der Waals surface area contributed by atoms with Crippen molar-refractivity contribution < 1.29 is 18.9 Å². The highest BCUT2D eigenvalue weighted by molar-refractivity contribution is 5.87. The predicted octanol–water partition coefficient (Wildman–Crippen LogP) is 8.18.